The average molecular weight is 728 g/mol. The van der Waals surface area contributed by atoms with E-state index in [4.69, 9.17) is 33.7 Å². The molecular weight excluding hydrogens is 691 g/mol. The Morgan fingerprint density at radius 3 is 2.55 bits per heavy atom. The Labute approximate surface area is 289 Å². The van der Waals surface area contributed by atoms with E-state index in [2.05, 4.69) is 4.98 Å². The number of alkyl halides is 4. The molecule has 0 spiro atoms. The SMILES string of the molecule is CCC(=O)N1CCN2c3c(c(=O)n(-c4c(C)ccnc4C(C)C)c4c(=O)n(C5C(F)=C(Cl)CC(Cl)[C@H]5N)c(C(F)(F)F)cc34)OCCC2C1. The van der Waals surface area contributed by atoms with Crippen LogP contribution in [0.5, 0.6) is 5.75 Å². The van der Waals surface area contributed by atoms with Crippen molar-refractivity contribution in [2.45, 2.75) is 82.6 Å². The van der Waals surface area contributed by atoms with Crippen LogP contribution in [0.1, 0.15) is 68.9 Å². The molecule has 0 saturated carbocycles. The Kier molecular flexibility index (Phi) is 9.29. The van der Waals surface area contributed by atoms with E-state index in [1.165, 1.54) is 6.20 Å². The number of allylic oxidation sites excluding steroid dienone is 1. The zero-order chi connectivity index (χ0) is 35.7. The summed E-state index contributed by atoms with van der Waals surface area (Å²) in [6, 6.07) is -1.58. The molecule has 0 radical (unpaired) electrons. The van der Waals surface area contributed by atoms with Crippen LogP contribution in [0.4, 0.5) is 23.2 Å². The van der Waals surface area contributed by atoms with Crippen LogP contribution in [-0.4, -0.2) is 68.6 Å². The molecule has 264 valence electrons. The van der Waals surface area contributed by atoms with Crippen LogP contribution in [-0.2, 0) is 11.0 Å². The lowest BCUT2D eigenvalue weighted by Gasteiger charge is -2.42. The zero-order valence-corrected chi connectivity index (χ0v) is 28.8. The molecule has 1 saturated heterocycles. The van der Waals surface area contributed by atoms with Crippen LogP contribution in [0, 0.1) is 6.92 Å². The summed E-state index contributed by atoms with van der Waals surface area (Å²) in [7, 11) is 0. The largest absolute Gasteiger partial charge is 0.486 e. The van der Waals surface area contributed by atoms with Crippen molar-refractivity contribution in [3.05, 3.63) is 66.8 Å². The number of hydrogen-bond acceptors (Lipinski definition) is 7. The van der Waals surface area contributed by atoms with Crippen LogP contribution in [0.2, 0.25) is 0 Å². The van der Waals surface area contributed by atoms with Crippen molar-refractivity contribution in [1.29, 1.82) is 0 Å². The third-order valence-corrected chi connectivity index (χ3v) is 10.4. The van der Waals surface area contributed by atoms with Crippen molar-refractivity contribution in [1.82, 2.24) is 19.0 Å². The Morgan fingerprint density at radius 1 is 1.18 bits per heavy atom. The van der Waals surface area contributed by atoms with E-state index in [-0.39, 0.29) is 78.0 Å². The summed E-state index contributed by atoms with van der Waals surface area (Å²) in [4.78, 5) is 50.2. The van der Waals surface area contributed by atoms with Crippen molar-refractivity contribution in [2.24, 2.45) is 5.73 Å². The summed E-state index contributed by atoms with van der Waals surface area (Å²) in [5.74, 6) is -1.83. The van der Waals surface area contributed by atoms with E-state index < -0.39 is 62.9 Å². The second-order valence-corrected chi connectivity index (χ2v) is 14.0. The van der Waals surface area contributed by atoms with Gasteiger partial charge in [-0.1, -0.05) is 32.4 Å². The lowest BCUT2D eigenvalue weighted by Crippen LogP contribution is -2.55. The molecule has 2 N–H and O–H groups in total. The number of piperazine rings is 1. The molecule has 4 atom stereocenters. The fourth-order valence-electron chi connectivity index (χ4n) is 7.21. The molecule has 5 heterocycles. The normalized spacial score (nSPS) is 23.0. The number of ether oxygens (including phenoxy) is 1. The Balaban J connectivity index is 1.80. The number of carbonyl (C=O) groups is 1. The number of hydrogen-bond donors (Lipinski definition) is 1. The maximum absolute atomic E-state index is 15.9. The summed E-state index contributed by atoms with van der Waals surface area (Å²) in [6.07, 6.45) is -3.29. The number of carbonyl (C=O) groups excluding carboxylic acids is 1. The second kappa shape index (κ2) is 12.9. The average Bonchev–Trinajstić information content (AvgIpc) is 3.24. The third-order valence-electron chi connectivity index (χ3n) is 9.60. The summed E-state index contributed by atoms with van der Waals surface area (Å²) in [5, 5.41) is -1.78. The van der Waals surface area contributed by atoms with Gasteiger partial charge in [0.2, 0.25) is 11.7 Å². The van der Waals surface area contributed by atoms with Gasteiger partial charge in [0.1, 0.15) is 23.1 Å². The quantitative estimate of drug-likeness (QED) is 0.279. The van der Waals surface area contributed by atoms with E-state index in [0.717, 1.165) is 10.6 Å². The fraction of sp³-hybridized carbons (Fsp3) is 0.515. The van der Waals surface area contributed by atoms with Gasteiger partial charge in [0, 0.05) is 56.5 Å². The molecule has 1 aliphatic carbocycles. The monoisotopic (exact) mass is 726 g/mol. The van der Waals surface area contributed by atoms with Crippen molar-refractivity contribution in [2.75, 3.05) is 31.1 Å². The zero-order valence-electron chi connectivity index (χ0n) is 27.3. The topological polar surface area (TPSA) is 116 Å². The number of aromatic nitrogens is 3. The van der Waals surface area contributed by atoms with Crippen LogP contribution >= 0.6 is 23.2 Å². The van der Waals surface area contributed by atoms with Gasteiger partial charge >= 0.3 is 6.18 Å². The lowest BCUT2D eigenvalue weighted by atomic mass is 9.94. The molecule has 16 heteroatoms. The van der Waals surface area contributed by atoms with Gasteiger partial charge < -0.3 is 20.3 Å². The highest BCUT2D eigenvalue weighted by Crippen LogP contribution is 2.45. The number of aryl methyl sites for hydroxylation is 1. The first-order valence-electron chi connectivity index (χ1n) is 16.1. The van der Waals surface area contributed by atoms with E-state index in [1.807, 2.05) is 13.8 Å². The molecule has 1 amide bonds. The molecule has 49 heavy (non-hydrogen) atoms. The number of pyridine rings is 3. The number of anilines is 1. The van der Waals surface area contributed by atoms with E-state index in [1.54, 1.807) is 29.7 Å². The number of amides is 1. The van der Waals surface area contributed by atoms with Gasteiger partial charge in [0.15, 0.2) is 0 Å². The Morgan fingerprint density at radius 2 is 1.90 bits per heavy atom. The minimum absolute atomic E-state index is 0.00180. The van der Waals surface area contributed by atoms with Crippen LogP contribution in [0.3, 0.4) is 0 Å². The Bertz CT molecular complexity index is 1990. The highest BCUT2D eigenvalue weighted by molar-refractivity contribution is 6.31. The van der Waals surface area contributed by atoms with Gasteiger partial charge in [0.05, 0.1) is 40.1 Å². The van der Waals surface area contributed by atoms with Gasteiger partial charge in [-0.15, -0.1) is 11.6 Å². The van der Waals surface area contributed by atoms with E-state index >= 15 is 17.6 Å². The molecule has 1 fully saturated rings. The molecule has 0 aromatic carbocycles. The van der Waals surface area contributed by atoms with Crippen molar-refractivity contribution in [3.8, 4) is 11.4 Å². The highest BCUT2D eigenvalue weighted by atomic mass is 35.5. The Hall–Kier alpha value is -3.62. The van der Waals surface area contributed by atoms with Crippen molar-refractivity contribution in [3.63, 3.8) is 0 Å². The van der Waals surface area contributed by atoms with Crippen molar-refractivity contribution >= 4 is 45.7 Å². The fourth-order valence-corrected chi connectivity index (χ4v) is 7.86. The first-order chi connectivity index (χ1) is 23.1. The predicted molar refractivity (Wildman–Crippen MR) is 179 cm³/mol. The summed E-state index contributed by atoms with van der Waals surface area (Å²) >= 11 is 12.5. The standard InChI is InChI=1S/C33H36Cl2F4N6O4/c1-5-22(46)42-9-10-43-17(14-42)7-11-49-30-27(43)18-12-21(33(37,38)39)44(29-23(36)19(34)13-20(35)24(29)40)31(47)28(18)45(32(30)48)26-16(4)6-8-41-25(26)15(2)3/h6,8,12,15,17,20,24,29H,5,7,9-11,13-14,40H2,1-4H3/t17?,20?,24-,29?/m1/s1. The molecule has 0 bridgehead atoms. The summed E-state index contributed by atoms with van der Waals surface area (Å²) in [6.45, 7) is 7.73. The van der Waals surface area contributed by atoms with E-state index in [0.29, 0.717) is 17.7 Å². The summed E-state index contributed by atoms with van der Waals surface area (Å²) < 4.78 is 68.6. The van der Waals surface area contributed by atoms with Gasteiger partial charge in [-0.2, -0.15) is 13.2 Å². The first-order valence-corrected chi connectivity index (χ1v) is 16.9. The van der Waals surface area contributed by atoms with Gasteiger partial charge in [-0.3, -0.25) is 28.5 Å². The molecule has 6 rings (SSSR count). The van der Waals surface area contributed by atoms with Gasteiger partial charge in [-0.25, -0.2) is 4.39 Å². The molecule has 3 unspecified atom stereocenters. The molecule has 3 aromatic rings. The summed E-state index contributed by atoms with van der Waals surface area (Å²) in [5.41, 5.74) is 3.27. The lowest BCUT2D eigenvalue weighted by molar-refractivity contribution is -0.144. The first kappa shape index (κ1) is 35.2. The minimum atomic E-state index is -5.20. The number of nitrogens with zero attached hydrogens (tertiary/aromatic N) is 5. The highest BCUT2D eigenvalue weighted by Gasteiger charge is 2.45. The number of halogens is 6. The van der Waals surface area contributed by atoms with Crippen LogP contribution in [0.15, 0.2) is 38.8 Å². The number of nitrogens with two attached hydrogens (primary N) is 1. The van der Waals surface area contributed by atoms with Crippen LogP contribution in [0.25, 0.3) is 16.6 Å². The molecule has 2 aliphatic heterocycles. The maximum atomic E-state index is 15.9. The van der Waals surface area contributed by atoms with Gasteiger partial charge in [0.25, 0.3) is 11.1 Å². The predicted octanol–water partition coefficient (Wildman–Crippen LogP) is 5.51. The molecule has 3 aliphatic rings. The third kappa shape index (κ3) is 5.79. The van der Waals surface area contributed by atoms with Crippen molar-refractivity contribution < 1.29 is 27.1 Å². The molecular formula is C33H36Cl2F4N6O4. The smallest absolute Gasteiger partial charge is 0.431 e. The number of rotatable bonds is 4. The van der Waals surface area contributed by atoms with Gasteiger partial charge in [-0.05, 0) is 30.5 Å². The molecule has 10 nitrogen and oxygen atoms in total. The maximum Gasteiger partial charge on any atom is 0.431 e. The van der Waals surface area contributed by atoms with Crippen LogP contribution < -0.4 is 26.5 Å². The molecule has 3 aromatic heterocycles. The number of fused-ring (bicyclic) bond motifs is 5. The minimum Gasteiger partial charge on any atom is -0.486 e. The van der Waals surface area contributed by atoms with E-state index in [9.17, 15) is 14.4 Å². The second-order valence-electron chi connectivity index (χ2n) is 13.0.